The smallest absolute Gasteiger partial charge is 0.246 e. The van der Waals surface area contributed by atoms with Gasteiger partial charge in [0.25, 0.3) is 0 Å². The van der Waals surface area contributed by atoms with E-state index in [1.54, 1.807) is 0 Å². The van der Waals surface area contributed by atoms with Crippen molar-refractivity contribution in [2.75, 3.05) is 13.7 Å². The standard InChI is InChI=1S/C12H14BrNO2/c1-16-7-12(15)14-11-5-3-8-2-4-9(13)6-10(8)11/h2,4,6,11H,3,5,7H2,1H3,(H,14,15). The molecule has 1 unspecified atom stereocenters. The lowest BCUT2D eigenvalue weighted by Crippen LogP contribution is -2.30. The zero-order chi connectivity index (χ0) is 11.5. The van der Waals surface area contributed by atoms with E-state index in [1.165, 1.54) is 18.2 Å². The van der Waals surface area contributed by atoms with Crippen LogP contribution in [0.25, 0.3) is 0 Å². The van der Waals surface area contributed by atoms with Gasteiger partial charge in [0.05, 0.1) is 6.04 Å². The van der Waals surface area contributed by atoms with Gasteiger partial charge in [0.1, 0.15) is 6.61 Å². The van der Waals surface area contributed by atoms with Crippen molar-refractivity contribution >= 4 is 21.8 Å². The van der Waals surface area contributed by atoms with E-state index in [1.807, 2.05) is 6.07 Å². The number of carbonyl (C=O) groups is 1. The summed E-state index contributed by atoms with van der Waals surface area (Å²) in [7, 11) is 1.53. The number of nitrogens with one attached hydrogen (secondary N) is 1. The molecule has 0 heterocycles. The summed E-state index contributed by atoms with van der Waals surface area (Å²) in [4.78, 5) is 11.4. The van der Waals surface area contributed by atoms with Gasteiger partial charge in [0.15, 0.2) is 0 Å². The number of ether oxygens (including phenoxy) is 1. The SMILES string of the molecule is COCC(=O)NC1CCc2ccc(Br)cc21. The van der Waals surface area contributed by atoms with Crippen molar-refractivity contribution in [3.8, 4) is 0 Å². The van der Waals surface area contributed by atoms with Gasteiger partial charge >= 0.3 is 0 Å². The number of amides is 1. The molecule has 0 aromatic heterocycles. The molecule has 0 spiro atoms. The lowest BCUT2D eigenvalue weighted by Gasteiger charge is -2.13. The molecule has 2 rings (SSSR count). The van der Waals surface area contributed by atoms with E-state index in [4.69, 9.17) is 4.74 Å². The van der Waals surface area contributed by atoms with E-state index in [0.29, 0.717) is 0 Å². The molecule has 1 atom stereocenters. The molecule has 1 aliphatic rings. The number of hydrogen-bond donors (Lipinski definition) is 1. The second-order valence-corrected chi connectivity index (χ2v) is 4.85. The van der Waals surface area contributed by atoms with Crippen LogP contribution in [0.3, 0.4) is 0 Å². The molecular formula is C12H14BrNO2. The van der Waals surface area contributed by atoms with E-state index in [2.05, 4.69) is 33.4 Å². The van der Waals surface area contributed by atoms with Gasteiger partial charge in [-0.1, -0.05) is 22.0 Å². The van der Waals surface area contributed by atoms with E-state index in [9.17, 15) is 4.79 Å². The van der Waals surface area contributed by atoms with Crippen LogP contribution in [0.4, 0.5) is 0 Å². The monoisotopic (exact) mass is 283 g/mol. The first-order chi connectivity index (χ1) is 7.70. The van der Waals surface area contributed by atoms with Crippen molar-refractivity contribution in [1.29, 1.82) is 0 Å². The minimum atomic E-state index is -0.0553. The largest absolute Gasteiger partial charge is 0.375 e. The zero-order valence-electron chi connectivity index (χ0n) is 9.13. The highest BCUT2D eigenvalue weighted by Crippen LogP contribution is 2.32. The molecular weight excluding hydrogens is 270 g/mol. The highest BCUT2D eigenvalue weighted by molar-refractivity contribution is 9.10. The van der Waals surface area contributed by atoms with Gasteiger partial charge in [-0.15, -0.1) is 0 Å². The summed E-state index contributed by atoms with van der Waals surface area (Å²) < 4.78 is 5.86. The Kier molecular flexibility index (Phi) is 3.61. The quantitative estimate of drug-likeness (QED) is 0.924. The Morgan fingerprint density at radius 1 is 1.62 bits per heavy atom. The average Bonchev–Trinajstić information content (AvgIpc) is 2.61. The van der Waals surface area contributed by atoms with Crippen molar-refractivity contribution < 1.29 is 9.53 Å². The molecule has 16 heavy (non-hydrogen) atoms. The van der Waals surface area contributed by atoms with Crippen LogP contribution in [-0.2, 0) is 16.0 Å². The summed E-state index contributed by atoms with van der Waals surface area (Å²) in [5, 5.41) is 2.98. The lowest BCUT2D eigenvalue weighted by molar-refractivity contribution is -0.125. The fourth-order valence-electron chi connectivity index (χ4n) is 2.09. The number of rotatable bonds is 3. The second-order valence-electron chi connectivity index (χ2n) is 3.93. The van der Waals surface area contributed by atoms with Gasteiger partial charge in [-0.2, -0.15) is 0 Å². The van der Waals surface area contributed by atoms with Crippen molar-refractivity contribution in [2.45, 2.75) is 18.9 Å². The van der Waals surface area contributed by atoms with Gasteiger partial charge in [-0.25, -0.2) is 0 Å². The predicted octanol–water partition coefficient (Wildman–Crippen LogP) is 2.20. The Balaban J connectivity index is 2.11. The van der Waals surface area contributed by atoms with Crippen molar-refractivity contribution in [3.63, 3.8) is 0 Å². The summed E-state index contributed by atoms with van der Waals surface area (Å²) in [6.07, 6.45) is 2.00. The van der Waals surface area contributed by atoms with Crippen molar-refractivity contribution in [3.05, 3.63) is 33.8 Å². The number of fused-ring (bicyclic) bond motifs is 1. The Labute approximate surface area is 103 Å². The molecule has 0 saturated heterocycles. The molecule has 0 aliphatic heterocycles. The number of methoxy groups -OCH3 is 1. The van der Waals surface area contributed by atoms with Gasteiger partial charge in [0.2, 0.25) is 5.91 Å². The van der Waals surface area contributed by atoms with Gasteiger partial charge in [-0.05, 0) is 36.1 Å². The molecule has 3 nitrogen and oxygen atoms in total. The fraction of sp³-hybridized carbons (Fsp3) is 0.417. The number of benzene rings is 1. The second kappa shape index (κ2) is 4.97. The van der Waals surface area contributed by atoms with E-state index < -0.39 is 0 Å². The molecule has 0 fully saturated rings. The third-order valence-electron chi connectivity index (χ3n) is 2.80. The first-order valence-corrected chi connectivity index (χ1v) is 6.06. The van der Waals surface area contributed by atoms with Gasteiger partial charge < -0.3 is 10.1 Å². The first kappa shape index (κ1) is 11.6. The first-order valence-electron chi connectivity index (χ1n) is 5.27. The zero-order valence-corrected chi connectivity index (χ0v) is 10.7. The van der Waals surface area contributed by atoms with E-state index in [0.717, 1.165) is 17.3 Å². The third kappa shape index (κ3) is 2.44. The summed E-state index contributed by atoms with van der Waals surface area (Å²) in [6, 6.07) is 6.37. The topological polar surface area (TPSA) is 38.3 Å². The number of halogens is 1. The van der Waals surface area contributed by atoms with Crippen LogP contribution in [0, 0.1) is 0 Å². The maximum absolute atomic E-state index is 11.4. The van der Waals surface area contributed by atoms with Crippen LogP contribution in [0.5, 0.6) is 0 Å². The molecule has 1 N–H and O–H groups in total. The van der Waals surface area contributed by atoms with Crippen LogP contribution in [0.2, 0.25) is 0 Å². The minimum absolute atomic E-state index is 0.0553. The Bertz CT molecular complexity index is 406. The Morgan fingerprint density at radius 3 is 3.19 bits per heavy atom. The normalized spacial score (nSPS) is 18.2. The van der Waals surface area contributed by atoms with Crippen LogP contribution >= 0.6 is 15.9 Å². The summed E-state index contributed by atoms with van der Waals surface area (Å²) in [5.74, 6) is -0.0553. The Morgan fingerprint density at radius 2 is 2.44 bits per heavy atom. The van der Waals surface area contributed by atoms with Crippen LogP contribution in [0.15, 0.2) is 22.7 Å². The Hall–Kier alpha value is -0.870. The maximum Gasteiger partial charge on any atom is 0.246 e. The summed E-state index contributed by atoms with van der Waals surface area (Å²) in [6.45, 7) is 0.125. The van der Waals surface area contributed by atoms with E-state index in [-0.39, 0.29) is 18.6 Å². The van der Waals surface area contributed by atoms with Crippen LogP contribution < -0.4 is 5.32 Å². The number of carbonyl (C=O) groups excluding carboxylic acids is 1. The molecule has 1 aromatic rings. The summed E-state index contributed by atoms with van der Waals surface area (Å²) in [5.41, 5.74) is 2.55. The molecule has 0 bridgehead atoms. The highest BCUT2D eigenvalue weighted by atomic mass is 79.9. The average molecular weight is 284 g/mol. The molecule has 1 aliphatic carbocycles. The predicted molar refractivity (Wildman–Crippen MR) is 65.2 cm³/mol. The molecule has 86 valence electrons. The third-order valence-corrected chi connectivity index (χ3v) is 3.29. The number of hydrogen-bond acceptors (Lipinski definition) is 2. The van der Waals surface area contributed by atoms with Crippen molar-refractivity contribution in [1.82, 2.24) is 5.32 Å². The molecule has 4 heteroatoms. The van der Waals surface area contributed by atoms with Crippen LogP contribution in [-0.4, -0.2) is 19.6 Å². The van der Waals surface area contributed by atoms with Crippen LogP contribution in [0.1, 0.15) is 23.6 Å². The van der Waals surface area contributed by atoms with Crippen molar-refractivity contribution in [2.24, 2.45) is 0 Å². The minimum Gasteiger partial charge on any atom is -0.375 e. The lowest BCUT2D eigenvalue weighted by atomic mass is 10.1. The van der Waals surface area contributed by atoms with E-state index >= 15 is 0 Å². The maximum atomic E-state index is 11.4. The molecule has 0 radical (unpaired) electrons. The number of aryl methyl sites for hydroxylation is 1. The molecule has 1 amide bonds. The van der Waals surface area contributed by atoms with Gasteiger partial charge in [0, 0.05) is 11.6 Å². The molecule has 0 saturated carbocycles. The highest BCUT2D eigenvalue weighted by Gasteiger charge is 2.23. The van der Waals surface area contributed by atoms with Gasteiger partial charge in [-0.3, -0.25) is 4.79 Å². The fourth-order valence-corrected chi connectivity index (χ4v) is 2.47. The summed E-state index contributed by atoms with van der Waals surface area (Å²) >= 11 is 3.45. The molecule has 1 aromatic carbocycles.